The lowest BCUT2D eigenvalue weighted by Crippen LogP contribution is -2.27. The zero-order valence-electron chi connectivity index (χ0n) is 15.1. The number of carbonyl (C=O) groups excluding carboxylic acids is 1. The third kappa shape index (κ3) is 7.16. The molecule has 0 spiro atoms. The van der Waals surface area contributed by atoms with E-state index in [1.807, 2.05) is 0 Å². The van der Waals surface area contributed by atoms with E-state index in [1.165, 1.54) is 44.2 Å². The minimum atomic E-state index is -3.52. The number of rotatable bonds is 12. The normalized spacial score (nSPS) is 14.4. The molecule has 25 heavy (non-hydrogen) atoms. The van der Waals surface area contributed by atoms with Gasteiger partial charge in [-0.25, -0.2) is 13.1 Å². The van der Waals surface area contributed by atoms with E-state index >= 15 is 0 Å². The van der Waals surface area contributed by atoms with Crippen molar-refractivity contribution in [2.24, 2.45) is 0 Å². The molecular weight excluding hydrogens is 336 g/mol. The molecule has 2 N–H and O–H groups in total. The molecule has 0 radical (unpaired) electrons. The van der Waals surface area contributed by atoms with E-state index in [0.717, 1.165) is 25.7 Å². The maximum Gasteiger partial charge on any atom is 0.251 e. The fraction of sp³-hybridized carbons (Fsp3) is 0.632. The summed E-state index contributed by atoms with van der Waals surface area (Å²) in [6, 6.07) is 6.29. The van der Waals surface area contributed by atoms with Crippen molar-refractivity contribution in [1.29, 1.82) is 0 Å². The van der Waals surface area contributed by atoms with Crippen LogP contribution in [0.2, 0.25) is 0 Å². The molecule has 2 rings (SSSR count). The summed E-state index contributed by atoms with van der Waals surface area (Å²) in [5.74, 6) is -0.213. The summed E-state index contributed by atoms with van der Waals surface area (Å²) in [6.45, 7) is 2.84. The van der Waals surface area contributed by atoms with E-state index < -0.39 is 10.0 Å². The molecule has 5 nitrogen and oxygen atoms in total. The highest BCUT2D eigenvalue weighted by Crippen LogP contribution is 2.22. The van der Waals surface area contributed by atoms with Gasteiger partial charge in [0.2, 0.25) is 10.0 Å². The van der Waals surface area contributed by atoms with Gasteiger partial charge in [-0.1, -0.05) is 51.5 Å². The van der Waals surface area contributed by atoms with Gasteiger partial charge in [0.05, 0.1) is 4.90 Å². The second-order valence-corrected chi connectivity index (χ2v) is 8.51. The minimum Gasteiger partial charge on any atom is -0.352 e. The largest absolute Gasteiger partial charge is 0.352 e. The Kier molecular flexibility index (Phi) is 7.90. The number of unbranched alkanes of at least 4 members (excludes halogenated alkanes) is 6. The van der Waals surface area contributed by atoms with Gasteiger partial charge < -0.3 is 5.32 Å². The molecule has 6 heteroatoms. The van der Waals surface area contributed by atoms with Gasteiger partial charge in [0, 0.05) is 18.2 Å². The highest BCUT2D eigenvalue weighted by molar-refractivity contribution is 7.89. The summed E-state index contributed by atoms with van der Waals surface area (Å²) in [7, 11) is -3.52. The van der Waals surface area contributed by atoms with E-state index in [-0.39, 0.29) is 16.8 Å². The van der Waals surface area contributed by atoms with Gasteiger partial charge in [-0.05, 0) is 37.5 Å². The third-order valence-corrected chi connectivity index (χ3v) is 5.89. The van der Waals surface area contributed by atoms with Crippen LogP contribution in [-0.2, 0) is 10.0 Å². The average Bonchev–Trinajstić information content (AvgIpc) is 3.40. The van der Waals surface area contributed by atoms with Crippen molar-refractivity contribution in [3.05, 3.63) is 29.8 Å². The van der Waals surface area contributed by atoms with Crippen LogP contribution in [0.15, 0.2) is 29.2 Å². The standard InChI is InChI=1S/C19H30N2O3S/c1-2-3-4-5-6-7-8-14-20-19(22)16-10-9-11-18(15-16)25(23,24)21-17-12-13-17/h9-11,15,17,21H,2-8,12-14H2,1H3,(H,20,22). The van der Waals surface area contributed by atoms with E-state index in [0.29, 0.717) is 12.1 Å². The molecule has 1 aliphatic carbocycles. The van der Waals surface area contributed by atoms with Crippen molar-refractivity contribution in [1.82, 2.24) is 10.0 Å². The summed E-state index contributed by atoms with van der Waals surface area (Å²) in [5, 5.41) is 2.88. The Bertz CT molecular complexity index is 654. The maximum atomic E-state index is 12.2. The fourth-order valence-corrected chi connectivity index (χ4v) is 4.03. The lowest BCUT2D eigenvalue weighted by atomic mass is 10.1. The monoisotopic (exact) mass is 366 g/mol. The zero-order valence-corrected chi connectivity index (χ0v) is 15.9. The number of amides is 1. The summed E-state index contributed by atoms with van der Waals surface area (Å²) in [5.41, 5.74) is 0.390. The van der Waals surface area contributed by atoms with Gasteiger partial charge in [0.25, 0.3) is 5.91 Å². The van der Waals surface area contributed by atoms with Crippen molar-refractivity contribution >= 4 is 15.9 Å². The molecule has 0 heterocycles. The van der Waals surface area contributed by atoms with Gasteiger partial charge in [-0.3, -0.25) is 4.79 Å². The van der Waals surface area contributed by atoms with E-state index in [9.17, 15) is 13.2 Å². The molecule has 1 aromatic rings. The molecular formula is C19H30N2O3S. The Morgan fingerprint density at radius 1 is 1.08 bits per heavy atom. The van der Waals surface area contributed by atoms with Gasteiger partial charge in [0.1, 0.15) is 0 Å². The van der Waals surface area contributed by atoms with Gasteiger partial charge >= 0.3 is 0 Å². The predicted octanol–water partition coefficient (Wildman–Crippen LogP) is 3.61. The molecule has 0 bridgehead atoms. The van der Waals surface area contributed by atoms with Crippen LogP contribution in [0, 0.1) is 0 Å². The van der Waals surface area contributed by atoms with Gasteiger partial charge in [-0.15, -0.1) is 0 Å². The SMILES string of the molecule is CCCCCCCCCNC(=O)c1cccc(S(=O)(=O)NC2CC2)c1. The lowest BCUT2D eigenvalue weighted by molar-refractivity contribution is 0.0952. The molecule has 1 fully saturated rings. The van der Waals surface area contributed by atoms with Crippen molar-refractivity contribution in [3.8, 4) is 0 Å². The average molecular weight is 367 g/mol. The molecule has 1 aromatic carbocycles. The highest BCUT2D eigenvalue weighted by atomic mass is 32.2. The number of carbonyl (C=O) groups is 1. The number of nitrogens with one attached hydrogen (secondary N) is 2. The molecule has 0 unspecified atom stereocenters. The highest BCUT2D eigenvalue weighted by Gasteiger charge is 2.28. The molecule has 0 saturated heterocycles. The number of hydrogen-bond acceptors (Lipinski definition) is 3. The Hall–Kier alpha value is -1.40. The topological polar surface area (TPSA) is 75.3 Å². The first-order chi connectivity index (χ1) is 12.0. The van der Waals surface area contributed by atoms with Crippen LogP contribution in [-0.4, -0.2) is 26.9 Å². The van der Waals surface area contributed by atoms with Crippen molar-refractivity contribution in [3.63, 3.8) is 0 Å². The van der Waals surface area contributed by atoms with Crippen LogP contribution in [0.1, 0.15) is 75.1 Å². The number of benzene rings is 1. The minimum absolute atomic E-state index is 0.0554. The smallest absolute Gasteiger partial charge is 0.251 e. The molecule has 0 aromatic heterocycles. The quantitative estimate of drug-likeness (QED) is 0.555. The Labute approximate surface area is 151 Å². The number of sulfonamides is 1. The summed E-state index contributed by atoms with van der Waals surface area (Å²) >= 11 is 0. The summed E-state index contributed by atoms with van der Waals surface area (Å²) < 4.78 is 27.1. The fourth-order valence-electron chi connectivity index (χ4n) is 2.68. The van der Waals surface area contributed by atoms with Crippen molar-refractivity contribution in [2.45, 2.75) is 75.6 Å². The predicted molar refractivity (Wildman–Crippen MR) is 100 cm³/mol. The Morgan fingerprint density at radius 3 is 2.44 bits per heavy atom. The second-order valence-electron chi connectivity index (χ2n) is 6.80. The van der Waals surface area contributed by atoms with Crippen LogP contribution in [0.25, 0.3) is 0 Å². The Balaban J connectivity index is 1.75. The van der Waals surface area contributed by atoms with Crippen LogP contribution < -0.4 is 10.0 Å². The first-order valence-corrected chi connectivity index (χ1v) is 10.9. The van der Waals surface area contributed by atoms with Crippen LogP contribution in [0.3, 0.4) is 0 Å². The molecule has 140 valence electrons. The van der Waals surface area contributed by atoms with Crippen LogP contribution in [0.5, 0.6) is 0 Å². The molecule has 1 amide bonds. The van der Waals surface area contributed by atoms with Gasteiger partial charge in [0.15, 0.2) is 0 Å². The molecule has 0 atom stereocenters. The Morgan fingerprint density at radius 2 is 1.76 bits per heavy atom. The third-order valence-electron chi connectivity index (χ3n) is 4.37. The van der Waals surface area contributed by atoms with Crippen LogP contribution >= 0.6 is 0 Å². The van der Waals surface area contributed by atoms with E-state index in [4.69, 9.17) is 0 Å². The lowest BCUT2D eigenvalue weighted by Gasteiger charge is -2.08. The first kappa shape index (κ1) is 19.9. The summed E-state index contributed by atoms with van der Waals surface area (Å²) in [6.07, 6.45) is 10.1. The molecule has 0 aliphatic heterocycles. The number of hydrogen-bond donors (Lipinski definition) is 2. The first-order valence-electron chi connectivity index (χ1n) is 9.43. The maximum absolute atomic E-state index is 12.2. The second kappa shape index (κ2) is 9.92. The zero-order chi connectivity index (χ0) is 18.1. The molecule has 1 saturated carbocycles. The van der Waals surface area contributed by atoms with E-state index in [1.54, 1.807) is 12.1 Å². The van der Waals surface area contributed by atoms with Crippen molar-refractivity contribution in [2.75, 3.05) is 6.54 Å². The van der Waals surface area contributed by atoms with Crippen molar-refractivity contribution < 1.29 is 13.2 Å². The van der Waals surface area contributed by atoms with E-state index in [2.05, 4.69) is 17.0 Å². The van der Waals surface area contributed by atoms with Crippen LogP contribution in [0.4, 0.5) is 0 Å². The molecule has 1 aliphatic rings. The van der Waals surface area contributed by atoms with Gasteiger partial charge in [-0.2, -0.15) is 0 Å². The summed E-state index contributed by atoms with van der Waals surface area (Å²) in [4.78, 5) is 12.4.